The first-order chi connectivity index (χ1) is 6.75. The SMILES string of the molecule is C=CCCOC(=O)c1ccccc1Cl. The zero-order valence-corrected chi connectivity index (χ0v) is 8.46. The number of benzene rings is 1. The molecule has 0 radical (unpaired) electrons. The molecule has 0 spiro atoms. The van der Waals surface area contributed by atoms with Gasteiger partial charge in [0.1, 0.15) is 0 Å². The molecule has 0 unspecified atom stereocenters. The van der Waals surface area contributed by atoms with Gasteiger partial charge in [0.15, 0.2) is 0 Å². The van der Waals surface area contributed by atoms with Crippen LogP contribution in [-0.4, -0.2) is 12.6 Å². The Morgan fingerprint density at radius 3 is 2.86 bits per heavy atom. The van der Waals surface area contributed by atoms with Crippen molar-refractivity contribution in [2.24, 2.45) is 0 Å². The zero-order chi connectivity index (χ0) is 10.4. The van der Waals surface area contributed by atoms with E-state index < -0.39 is 5.97 Å². The van der Waals surface area contributed by atoms with Crippen LogP contribution in [0.2, 0.25) is 5.02 Å². The second-order valence-electron chi connectivity index (χ2n) is 2.69. The molecule has 3 heteroatoms. The summed E-state index contributed by atoms with van der Waals surface area (Å²) < 4.78 is 4.95. The number of esters is 1. The van der Waals surface area contributed by atoms with Crippen molar-refractivity contribution in [3.05, 3.63) is 47.5 Å². The number of carbonyl (C=O) groups excluding carboxylic acids is 1. The van der Waals surface area contributed by atoms with E-state index in [9.17, 15) is 4.79 Å². The van der Waals surface area contributed by atoms with Crippen LogP contribution in [0.15, 0.2) is 36.9 Å². The van der Waals surface area contributed by atoms with Gasteiger partial charge >= 0.3 is 5.97 Å². The van der Waals surface area contributed by atoms with Gasteiger partial charge in [-0.25, -0.2) is 4.79 Å². The molecule has 0 aromatic heterocycles. The number of carbonyl (C=O) groups is 1. The molecule has 1 aromatic carbocycles. The van der Waals surface area contributed by atoms with E-state index in [2.05, 4.69) is 6.58 Å². The third-order valence-electron chi connectivity index (χ3n) is 1.65. The van der Waals surface area contributed by atoms with Gasteiger partial charge in [0.25, 0.3) is 0 Å². The van der Waals surface area contributed by atoms with Crippen LogP contribution in [0.1, 0.15) is 16.8 Å². The minimum Gasteiger partial charge on any atom is -0.462 e. The molecule has 0 aliphatic carbocycles. The lowest BCUT2D eigenvalue weighted by Gasteiger charge is -2.03. The molecule has 0 aliphatic heterocycles. The first-order valence-electron chi connectivity index (χ1n) is 4.28. The van der Waals surface area contributed by atoms with Gasteiger partial charge in [0, 0.05) is 0 Å². The molecule has 0 N–H and O–H groups in total. The summed E-state index contributed by atoms with van der Waals surface area (Å²) in [4.78, 5) is 11.4. The van der Waals surface area contributed by atoms with Crippen molar-refractivity contribution >= 4 is 17.6 Å². The highest BCUT2D eigenvalue weighted by molar-refractivity contribution is 6.33. The van der Waals surface area contributed by atoms with E-state index in [1.54, 1.807) is 30.3 Å². The highest BCUT2D eigenvalue weighted by Crippen LogP contribution is 2.15. The van der Waals surface area contributed by atoms with Gasteiger partial charge in [-0.1, -0.05) is 29.8 Å². The molecule has 0 fully saturated rings. The summed E-state index contributed by atoms with van der Waals surface area (Å²) in [7, 11) is 0. The molecule has 0 saturated carbocycles. The van der Waals surface area contributed by atoms with E-state index in [1.807, 2.05) is 0 Å². The molecule has 0 amide bonds. The predicted molar refractivity (Wildman–Crippen MR) is 56.5 cm³/mol. The van der Waals surface area contributed by atoms with Crippen LogP contribution in [0.5, 0.6) is 0 Å². The lowest BCUT2D eigenvalue weighted by Crippen LogP contribution is -2.06. The molecule has 0 saturated heterocycles. The minimum atomic E-state index is -0.391. The summed E-state index contributed by atoms with van der Waals surface area (Å²) >= 11 is 5.81. The third-order valence-corrected chi connectivity index (χ3v) is 1.98. The summed E-state index contributed by atoms with van der Waals surface area (Å²) in [6.07, 6.45) is 2.34. The Morgan fingerprint density at radius 1 is 1.50 bits per heavy atom. The molecular weight excluding hydrogens is 200 g/mol. The van der Waals surface area contributed by atoms with E-state index in [4.69, 9.17) is 16.3 Å². The van der Waals surface area contributed by atoms with Gasteiger partial charge in [-0.15, -0.1) is 6.58 Å². The average Bonchev–Trinajstić information content (AvgIpc) is 2.18. The first-order valence-corrected chi connectivity index (χ1v) is 4.66. The standard InChI is InChI=1S/C11H11ClO2/c1-2-3-8-14-11(13)9-6-4-5-7-10(9)12/h2,4-7H,1,3,8H2. The van der Waals surface area contributed by atoms with Crippen molar-refractivity contribution in [1.29, 1.82) is 0 Å². The van der Waals surface area contributed by atoms with Crippen molar-refractivity contribution < 1.29 is 9.53 Å². The molecule has 74 valence electrons. The largest absolute Gasteiger partial charge is 0.462 e. The van der Waals surface area contributed by atoms with Crippen LogP contribution < -0.4 is 0 Å². The maximum absolute atomic E-state index is 11.4. The van der Waals surface area contributed by atoms with E-state index in [0.29, 0.717) is 23.6 Å². The maximum atomic E-state index is 11.4. The van der Waals surface area contributed by atoms with Gasteiger partial charge in [-0.3, -0.25) is 0 Å². The highest BCUT2D eigenvalue weighted by Gasteiger charge is 2.09. The van der Waals surface area contributed by atoms with Crippen LogP contribution in [0.25, 0.3) is 0 Å². The fourth-order valence-electron chi connectivity index (χ4n) is 0.939. The zero-order valence-electron chi connectivity index (χ0n) is 7.70. The first kappa shape index (κ1) is 10.8. The van der Waals surface area contributed by atoms with Crippen LogP contribution in [-0.2, 0) is 4.74 Å². The maximum Gasteiger partial charge on any atom is 0.339 e. The number of rotatable bonds is 4. The average molecular weight is 211 g/mol. The number of hydrogen-bond acceptors (Lipinski definition) is 2. The molecule has 1 rings (SSSR count). The normalized spacial score (nSPS) is 9.50. The van der Waals surface area contributed by atoms with Crippen molar-refractivity contribution in [3.8, 4) is 0 Å². The molecule has 0 aliphatic rings. The molecule has 2 nitrogen and oxygen atoms in total. The van der Waals surface area contributed by atoms with Crippen LogP contribution in [0, 0.1) is 0 Å². The summed E-state index contributed by atoms with van der Waals surface area (Å²) in [6, 6.07) is 6.81. The third kappa shape index (κ3) is 2.89. The molecular formula is C11H11ClO2. The fraction of sp³-hybridized carbons (Fsp3) is 0.182. The Kier molecular flexibility index (Phi) is 4.20. The van der Waals surface area contributed by atoms with Gasteiger partial charge in [-0.05, 0) is 18.6 Å². The molecule has 0 bridgehead atoms. The van der Waals surface area contributed by atoms with Gasteiger partial charge in [0.2, 0.25) is 0 Å². The Bertz CT molecular complexity index is 334. The summed E-state index contributed by atoms with van der Waals surface area (Å²) in [5, 5.41) is 0.413. The van der Waals surface area contributed by atoms with Crippen molar-refractivity contribution in [2.45, 2.75) is 6.42 Å². The summed E-state index contributed by atoms with van der Waals surface area (Å²) in [6.45, 7) is 3.87. The number of halogens is 1. The Balaban J connectivity index is 2.60. The van der Waals surface area contributed by atoms with Gasteiger partial charge in [-0.2, -0.15) is 0 Å². The number of ether oxygens (including phenoxy) is 1. The minimum absolute atomic E-state index is 0.341. The Labute approximate surface area is 88.1 Å². The van der Waals surface area contributed by atoms with Crippen LogP contribution >= 0.6 is 11.6 Å². The van der Waals surface area contributed by atoms with Gasteiger partial charge < -0.3 is 4.74 Å². The van der Waals surface area contributed by atoms with Crippen molar-refractivity contribution in [2.75, 3.05) is 6.61 Å². The van der Waals surface area contributed by atoms with E-state index >= 15 is 0 Å². The van der Waals surface area contributed by atoms with Crippen molar-refractivity contribution in [1.82, 2.24) is 0 Å². The lowest BCUT2D eigenvalue weighted by molar-refractivity contribution is 0.0512. The van der Waals surface area contributed by atoms with Crippen LogP contribution in [0.3, 0.4) is 0 Å². The molecule has 14 heavy (non-hydrogen) atoms. The molecule has 0 atom stereocenters. The second kappa shape index (κ2) is 5.45. The smallest absolute Gasteiger partial charge is 0.339 e. The molecule has 1 aromatic rings. The molecule has 0 heterocycles. The van der Waals surface area contributed by atoms with E-state index in [0.717, 1.165) is 0 Å². The number of hydrogen-bond donors (Lipinski definition) is 0. The van der Waals surface area contributed by atoms with Crippen LogP contribution in [0.4, 0.5) is 0 Å². The fourth-order valence-corrected chi connectivity index (χ4v) is 1.15. The highest BCUT2D eigenvalue weighted by atomic mass is 35.5. The Hall–Kier alpha value is -1.28. The monoisotopic (exact) mass is 210 g/mol. The van der Waals surface area contributed by atoms with E-state index in [-0.39, 0.29) is 0 Å². The van der Waals surface area contributed by atoms with Crippen molar-refractivity contribution in [3.63, 3.8) is 0 Å². The summed E-state index contributed by atoms with van der Waals surface area (Å²) in [5.74, 6) is -0.391. The lowest BCUT2D eigenvalue weighted by atomic mass is 10.2. The van der Waals surface area contributed by atoms with E-state index in [1.165, 1.54) is 0 Å². The second-order valence-corrected chi connectivity index (χ2v) is 3.10. The summed E-state index contributed by atoms with van der Waals surface area (Å²) in [5.41, 5.74) is 0.401. The topological polar surface area (TPSA) is 26.3 Å². The Morgan fingerprint density at radius 2 is 2.21 bits per heavy atom. The quantitative estimate of drug-likeness (QED) is 0.434. The predicted octanol–water partition coefficient (Wildman–Crippen LogP) is 3.07. The van der Waals surface area contributed by atoms with Gasteiger partial charge in [0.05, 0.1) is 17.2 Å².